The Hall–Kier alpha value is -1.47. The normalized spacial score (nSPS) is 23.5. The number of carbonyl (C=O) groups excluding carboxylic acids is 1. The topological polar surface area (TPSA) is 64.4 Å². The van der Waals surface area contributed by atoms with E-state index in [1.54, 1.807) is 12.1 Å². The summed E-state index contributed by atoms with van der Waals surface area (Å²) >= 11 is 0. The van der Waals surface area contributed by atoms with Gasteiger partial charge in [-0.1, -0.05) is 25.0 Å². The molecule has 0 spiro atoms. The van der Waals surface area contributed by atoms with Gasteiger partial charge in [0.1, 0.15) is 5.75 Å². The summed E-state index contributed by atoms with van der Waals surface area (Å²) in [4.78, 5) is 12.3. The molecule has 1 saturated carbocycles. The monoisotopic (exact) mass is 380 g/mol. The van der Waals surface area contributed by atoms with E-state index in [9.17, 15) is 18.0 Å². The maximum Gasteiger partial charge on any atom is 0.422 e. The third-order valence-electron chi connectivity index (χ3n) is 4.36. The van der Waals surface area contributed by atoms with Crippen molar-refractivity contribution in [3.63, 3.8) is 0 Å². The van der Waals surface area contributed by atoms with Gasteiger partial charge in [-0.2, -0.15) is 13.2 Å². The zero-order chi connectivity index (χ0) is 17.8. The minimum Gasteiger partial charge on any atom is -0.484 e. The summed E-state index contributed by atoms with van der Waals surface area (Å²) in [6.07, 6.45) is -0.715. The highest BCUT2D eigenvalue weighted by Gasteiger charge is 2.37. The molecule has 1 aliphatic rings. The lowest BCUT2D eigenvalue weighted by Gasteiger charge is -2.37. The highest BCUT2D eigenvalue weighted by atomic mass is 35.5. The van der Waals surface area contributed by atoms with E-state index in [1.165, 1.54) is 12.1 Å². The molecule has 0 radical (unpaired) electrons. The van der Waals surface area contributed by atoms with E-state index in [0.717, 1.165) is 31.2 Å². The Morgan fingerprint density at radius 1 is 1.32 bits per heavy atom. The number of rotatable bonds is 5. The van der Waals surface area contributed by atoms with Crippen LogP contribution < -0.4 is 15.8 Å². The predicted molar refractivity (Wildman–Crippen MR) is 91.6 cm³/mol. The number of nitrogens with one attached hydrogen (secondary N) is 1. The van der Waals surface area contributed by atoms with Gasteiger partial charge in [-0.15, -0.1) is 12.4 Å². The fourth-order valence-electron chi connectivity index (χ4n) is 2.97. The number of hydrogen-bond donors (Lipinski definition) is 2. The molecule has 1 aromatic rings. The first-order chi connectivity index (χ1) is 11.2. The van der Waals surface area contributed by atoms with Crippen molar-refractivity contribution in [2.24, 2.45) is 11.7 Å². The van der Waals surface area contributed by atoms with Crippen LogP contribution in [0.25, 0.3) is 0 Å². The van der Waals surface area contributed by atoms with Gasteiger partial charge in [0.15, 0.2) is 6.61 Å². The van der Waals surface area contributed by atoms with Crippen LogP contribution in [0.4, 0.5) is 13.2 Å². The zero-order valence-corrected chi connectivity index (χ0v) is 14.9. The number of ether oxygens (including phenoxy) is 1. The number of nitrogens with two attached hydrogens (primary N) is 1. The molecule has 2 rings (SSSR count). The van der Waals surface area contributed by atoms with Crippen molar-refractivity contribution in [3.05, 3.63) is 29.8 Å². The molecule has 0 heterocycles. The molecule has 1 amide bonds. The van der Waals surface area contributed by atoms with Crippen LogP contribution in [-0.2, 0) is 11.3 Å². The standard InChI is InChI=1S/C17H23F3N2O2.ClH/c1-16(21)9-3-2-4-14(16)15(23)22-10-12-5-7-13(8-6-12)24-11-17(18,19)20;/h5-8,14H,2-4,9-11,21H2,1H3,(H,22,23);1H. The van der Waals surface area contributed by atoms with Crippen molar-refractivity contribution in [3.8, 4) is 5.75 Å². The van der Waals surface area contributed by atoms with Gasteiger partial charge in [0.25, 0.3) is 0 Å². The number of halogens is 4. The summed E-state index contributed by atoms with van der Waals surface area (Å²) in [5, 5.41) is 2.86. The van der Waals surface area contributed by atoms with E-state index in [0.29, 0.717) is 6.54 Å². The summed E-state index contributed by atoms with van der Waals surface area (Å²) in [7, 11) is 0. The molecule has 0 aliphatic heterocycles. The van der Waals surface area contributed by atoms with Gasteiger partial charge in [0.05, 0.1) is 5.92 Å². The zero-order valence-electron chi connectivity index (χ0n) is 14.1. The van der Waals surface area contributed by atoms with E-state index in [1.807, 2.05) is 6.92 Å². The first kappa shape index (κ1) is 21.6. The molecule has 1 aliphatic carbocycles. The van der Waals surface area contributed by atoms with Gasteiger partial charge in [0.2, 0.25) is 5.91 Å². The fourth-order valence-corrected chi connectivity index (χ4v) is 2.97. The van der Waals surface area contributed by atoms with Gasteiger partial charge in [0, 0.05) is 12.1 Å². The number of carbonyl (C=O) groups is 1. The number of alkyl halides is 3. The second kappa shape index (κ2) is 8.76. The molecular formula is C17H24ClF3N2O2. The lowest BCUT2D eigenvalue weighted by atomic mass is 9.74. The average Bonchev–Trinajstić information content (AvgIpc) is 2.50. The predicted octanol–water partition coefficient (Wildman–Crippen LogP) is 3.57. The van der Waals surface area contributed by atoms with Crippen molar-refractivity contribution in [2.45, 2.75) is 50.9 Å². The maximum absolute atomic E-state index is 12.3. The molecule has 0 bridgehead atoms. The summed E-state index contributed by atoms with van der Waals surface area (Å²) in [5.74, 6) is -0.137. The third-order valence-corrected chi connectivity index (χ3v) is 4.36. The van der Waals surface area contributed by atoms with Gasteiger partial charge >= 0.3 is 6.18 Å². The second-order valence-electron chi connectivity index (χ2n) is 6.57. The van der Waals surface area contributed by atoms with E-state index in [4.69, 9.17) is 5.73 Å². The molecule has 1 fully saturated rings. The van der Waals surface area contributed by atoms with Crippen molar-refractivity contribution < 1.29 is 22.7 Å². The van der Waals surface area contributed by atoms with Crippen LogP contribution in [-0.4, -0.2) is 24.2 Å². The van der Waals surface area contributed by atoms with E-state index in [-0.39, 0.29) is 30.0 Å². The highest BCUT2D eigenvalue weighted by molar-refractivity contribution is 5.85. The average molecular weight is 381 g/mol. The molecule has 0 saturated heterocycles. The minimum absolute atomic E-state index is 0. The minimum atomic E-state index is -4.36. The van der Waals surface area contributed by atoms with Crippen molar-refractivity contribution in [1.29, 1.82) is 0 Å². The Morgan fingerprint density at radius 2 is 1.96 bits per heavy atom. The van der Waals surface area contributed by atoms with Crippen LogP contribution in [0.2, 0.25) is 0 Å². The lowest BCUT2D eigenvalue weighted by Crippen LogP contribution is -2.52. The Bertz CT molecular complexity index is 562. The van der Waals surface area contributed by atoms with Gasteiger partial charge in [-0.05, 0) is 37.5 Å². The maximum atomic E-state index is 12.3. The molecule has 142 valence electrons. The number of hydrogen-bond acceptors (Lipinski definition) is 3. The molecule has 1 aromatic carbocycles. The smallest absolute Gasteiger partial charge is 0.422 e. The second-order valence-corrected chi connectivity index (χ2v) is 6.57. The number of benzene rings is 1. The summed E-state index contributed by atoms with van der Waals surface area (Å²) in [6, 6.07) is 6.19. The molecule has 4 nitrogen and oxygen atoms in total. The highest BCUT2D eigenvalue weighted by Crippen LogP contribution is 2.31. The largest absolute Gasteiger partial charge is 0.484 e. The summed E-state index contributed by atoms with van der Waals surface area (Å²) < 4.78 is 40.9. The Morgan fingerprint density at radius 3 is 2.52 bits per heavy atom. The van der Waals surface area contributed by atoms with Crippen LogP contribution in [0.5, 0.6) is 5.75 Å². The molecule has 25 heavy (non-hydrogen) atoms. The van der Waals surface area contributed by atoms with Gasteiger partial charge in [-0.3, -0.25) is 4.79 Å². The third kappa shape index (κ3) is 6.74. The van der Waals surface area contributed by atoms with Crippen molar-refractivity contribution in [2.75, 3.05) is 6.61 Å². The quantitative estimate of drug-likeness (QED) is 0.820. The molecule has 2 unspecified atom stereocenters. The molecule has 3 N–H and O–H groups in total. The van der Waals surface area contributed by atoms with Gasteiger partial charge in [-0.25, -0.2) is 0 Å². The summed E-state index contributed by atoms with van der Waals surface area (Å²) in [5.41, 5.74) is 6.51. The van der Waals surface area contributed by atoms with Crippen molar-refractivity contribution in [1.82, 2.24) is 5.32 Å². The van der Waals surface area contributed by atoms with Crippen LogP contribution in [0.15, 0.2) is 24.3 Å². The summed E-state index contributed by atoms with van der Waals surface area (Å²) in [6.45, 7) is 0.897. The van der Waals surface area contributed by atoms with Crippen LogP contribution in [0.3, 0.4) is 0 Å². The van der Waals surface area contributed by atoms with E-state index < -0.39 is 18.3 Å². The first-order valence-corrected chi connectivity index (χ1v) is 8.02. The van der Waals surface area contributed by atoms with E-state index in [2.05, 4.69) is 10.1 Å². The fraction of sp³-hybridized carbons (Fsp3) is 0.588. The van der Waals surface area contributed by atoms with Gasteiger partial charge < -0.3 is 15.8 Å². The first-order valence-electron chi connectivity index (χ1n) is 8.02. The van der Waals surface area contributed by atoms with E-state index >= 15 is 0 Å². The van der Waals surface area contributed by atoms with Crippen LogP contribution in [0, 0.1) is 5.92 Å². The number of amides is 1. The Labute approximate surface area is 151 Å². The molecule has 2 atom stereocenters. The Balaban J connectivity index is 0.00000312. The van der Waals surface area contributed by atoms with Crippen LogP contribution >= 0.6 is 12.4 Å². The van der Waals surface area contributed by atoms with Crippen LogP contribution in [0.1, 0.15) is 38.2 Å². The lowest BCUT2D eigenvalue weighted by molar-refractivity contribution is -0.153. The SMILES string of the molecule is CC1(N)CCCCC1C(=O)NCc1ccc(OCC(F)(F)F)cc1.Cl. The molecular weight excluding hydrogens is 357 g/mol. The molecule has 8 heteroatoms. The molecule has 0 aromatic heterocycles. The van der Waals surface area contributed by atoms with Crippen molar-refractivity contribution >= 4 is 18.3 Å². The Kier molecular flexibility index (Phi) is 7.56.